The van der Waals surface area contributed by atoms with E-state index in [0.717, 1.165) is 15.7 Å². The van der Waals surface area contributed by atoms with Crippen LogP contribution >= 0.6 is 15.9 Å². The first-order valence-electron chi connectivity index (χ1n) is 8.32. The van der Waals surface area contributed by atoms with E-state index in [1.54, 1.807) is 0 Å². The minimum atomic E-state index is 0.0938. The van der Waals surface area contributed by atoms with Crippen LogP contribution in [0.5, 0.6) is 0 Å². The van der Waals surface area contributed by atoms with Crippen molar-refractivity contribution < 1.29 is 4.52 Å². The third-order valence-electron chi connectivity index (χ3n) is 3.63. The Morgan fingerprint density at radius 2 is 1.75 bits per heavy atom. The zero-order valence-corrected chi connectivity index (χ0v) is 16.1. The average molecular weight is 439 g/mol. The number of hydrogen-bond donors (Lipinski definition) is 3. The van der Waals surface area contributed by atoms with Crippen LogP contribution in [0, 0.1) is 0 Å². The highest BCUT2D eigenvalue weighted by Gasteiger charge is 2.10. The summed E-state index contributed by atoms with van der Waals surface area (Å²) >= 11 is 3.43. The molecule has 0 atom stereocenters. The van der Waals surface area contributed by atoms with Crippen molar-refractivity contribution in [1.82, 2.24) is 25.1 Å². The van der Waals surface area contributed by atoms with Gasteiger partial charge in [0.1, 0.15) is 0 Å². The molecule has 0 fully saturated rings. The standard InChI is InChI=1S/C18H15BrN8O/c19-12-6-4-5-11(9-12)15-23-14(28-27-15)10-21-17-24-16(20)25-18(26-17)22-13-7-2-1-3-8-13/h1-9H,10H2,(H4,20,21,22,24,25,26). The van der Waals surface area contributed by atoms with Crippen LogP contribution < -0.4 is 16.4 Å². The van der Waals surface area contributed by atoms with Gasteiger partial charge >= 0.3 is 0 Å². The summed E-state index contributed by atoms with van der Waals surface area (Å²) in [4.78, 5) is 16.8. The summed E-state index contributed by atoms with van der Waals surface area (Å²) < 4.78 is 6.22. The minimum Gasteiger partial charge on any atom is -0.368 e. The topological polar surface area (TPSA) is 128 Å². The van der Waals surface area contributed by atoms with Crippen LogP contribution in [0.3, 0.4) is 0 Å². The Morgan fingerprint density at radius 3 is 2.57 bits per heavy atom. The molecular weight excluding hydrogens is 424 g/mol. The molecule has 2 aromatic heterocycles. The largest absolute Gasteiger partial charge is 0.368 e. The molecule has 2 aromatic carbocycles. The molecule has 28 heavy (non-hydrogen) atoms. The second-order valence-corrected chi connectivity index (χ2v) is 6.62. The SMILES string of the molecule is Nc1nc(NCc2nc(-c3cccc(Br)c3)no2)nc(Nc2ccccc2)n1. The molecule has 0 saturated heterocycles. The molecule has 9 nitrogen and oxygen atoms in total. The third kappa shape index (κ3) is 4.41. The van der Waals surface area contributed by atoms with E-state index in [1.807, 2.05) is 54.6 Å². The Morgan fingerprint density at radius 1 is 0.929 bits per heavy atom. The lowest BCUT2D eigenvalue weighted by Gasteiger charge is -2.07. The molecule has 0 radical (unpaired) electrons. The van der Waals surface area contributed by atoms with Gasteiger partial charge in [0.2, 0.25) is 29.6 Å². The molecule has 0 aliphatic carbocycles. The van der Waals surface area contributed by atoms with E-state index < -0.39 is 0 Å². The van der Waals surface area contributed by atoms with Crippen molar-refractivity contribution >= 4 is 39.5 Å². The number of para-hydroxylation sites is 1. The van der Waals surface area contributed by atoms with Gasteiger partial charge in [-0.25, -0.2) is 0 Å². The Hall–Kier alpha value is -3.53. The van der Waals surface area contributed by atoms with Crippen molar-refractivity contribution in [1.29, 1.82) is 0 Å². The number of rotatable bonds is 6. The molecule has 0 unspecified atom stereocenters. The van der Waals surface area contributed by atoms with E-state index in [0.29, 0.717) is 23.6 Å². The van der Waals surface area contributed by atoms with Gasteiger partial charge in [-0.3, -0.25) is 0 Å². The van der Waals surface area contributed by atoms with Crippen LogP contribution in [-0.2, 0) is 6.54 Å². The highest BCUT2D eigenvalue weighted by molar-refractivity contribution is 9.10. The average Bonchev–Trinajstić information content (AvgIpc) is 3.16. The van der Waals surface area contributed by atoms with Gasteiger partial charge in [0.05, 0.1) is 6.54 Å². The summed E-state index contributed by atoms with van der Waals surface area (Å²) in [5.74, 6) is 1.62. The molecule has 0 amide bonds. The number of nitrogens with two attached hydrogens (primary N) is 1. The van der Waals surface area contributed by atoms with Crippen molar-refractivity contribution in [2.24, 2.45) is 0 Å². The van der Waals surface area contributed by atoms with Crippen LogP contribution in [-0.4, -0.2) is 25.1 Å². The monoisotopic (exact) mass is 438 g/mol. The summed E-state index contributed by atoms with van der Waals surface area (Å²) in [6.45, 7) is 0.245. The van der Waals surface area contributed by atoms with Crippen molar-refractivity contribution in [3.05, 3.63) is 65.0 Å². The molecule has 140 valence electrons. The molecule has 0 bridgehead atoms. The Labute approximate surface area is 168 Å². The fourth-order valence-electron chi connectivity index (χ4n) is 2.40. The number of anilines is 4. The summed E-state index contributed by atoms with van der Waals surface area (Å²) in [6.07, 6.45) is 0. The molecule has 10 heteroatoms. The smallest absolute Gasteiger partial charge is 0.246 e. The quantitative estimate of drug-likeness (QED) is 0.413. The van der Waals surface area contributed by atoms with Gasteiger partial charge < -0.3 is 20.9 Å². The highest BCUT2D eigenvalue weighted by Crippen LogP contribution is 2.20. The first kappa shape index (κ1) is 17.9. The number of nitrogen functional groups attached to an aromatic ring is 1. The van der Waals surface area contributed by atoms with E-state index in [2.05, 4.69) is 51.7 Å². The van der Waals surface area contributed by atoms with E-state index in [-0.39, 0.29) is 12.5 Å². The molecule has 2 heterocycles. The van der Waals surface area contributed by atoms with E-state index in [9.17, 15) is 0 Å². The number of nitrogens with one attached hydrogen (secondary N) is 2. The normalized spacial score (nSPS) is 10.6. The fourth-order valence-corrected chi connectivity index (χ4v) is 2.80. The van der Waals surface area contributed by atoms with E-state index >= 15 is 0 Å². The van der Waals surface area contributed by atoms with Gasteiger partial charge in [-0.05, 0) is 24.3 Å². The van der Waals surface area contributed by atoms with Crippen LogP contribution in [0.4, 0.5) is 23.5 Å². The Bertz CT molecular complexity index is 1090. The second-order valence-electron chi connectivity index (χ2n) is 5.71. The van der Waals surface area contributed by atoms with Gasteiger partial charge in [0, 0.05) is 15.7 Å². The maximum atomic E-state index is 5.78. The molecule has 0 aliphatic heterocycles. The number of halogens is 1. The number of benzene rings is 2. The Kier molecular flexibility index (Phi) is 5.11. The van der Waals surface area contributed by atoms with Gasteiger partial charge in [-0.1, -0.05) is 51.4 Å². The van der Waals surface area contributed by atoms with Crippen LogP contribution in [0.2, 0.25) is 0 Å². The predicted molar refractivity (Wildman–Crippen MR) is 109 cm³/mol. The van der Waals surface area contributed by atoms with E-state index in [1.165, 1.54) is 0 Å². The molecule has 0 aliphatic rings. The molecule has 4 rings (SSSR count). The van der Waals surface area contributed by atoms with Gasteiger partial charge in [0.15, 0.2) is 0 Å². The molecule has 4 aromatic rings. The van der Waals surface area contributed by atoms with Gasteiger partial charge in [-0.2, -0.15) is 19.9 Å². The number of aromatic nitrogens is 5. The highest BCUT2D eigenvalue weighted by atomic mass is 79.9. The fraction of sp³-hybridized carbons (Fsp3) is 0.0556. The first-order valence-corrected chi connectivity index (χ1v) is 9.11. The Balaban J connectivity index is 1.45. The first-order chi connectivity index (χ1) is 13.7. The van der Waals surface area contributed by atoms with Crippen molar-refractivity contribution in [2.75, 3.05) is 16.4 Å². The van der Waals surface area contributed by atoms with Gasteiger partial charge in [0.25, 0.3) is 0 Å². The zero-order chi connectivity index (χ0) is 19.3. The molecule has 4 N–H and O–H groups in total. The maximum absolute atomic E-state index is 5.78. The summed E-state index contributed by atoms with van der Waals surface area (Å²) in [5, 5.41) is 10.1. The lowest BCUT2D eigenvalue weighted by Crippen LogP contribution is -2.09. The van der Waals surface area contributed by atoms with Crippen LogP contribution in [0.25, 0.3) is 11.4 Å². The lowest BCUT2D eigenvalue weighted by molar-refractivity contribution is 0.384. The molecule has 0 saturated carbocycles. The molecular formula is C18H15BrN8O. The number of hydrogen-bond acceptors (Lipinski definition) is 9. The van der Waals surface area contributed by atoms with Crippen molar-refractivity contribution in [2.45, 2.75) is 6.54 Å². The minimum absolute atomic E-state index is 0.0938. The van der Waals surface area contributed by atoms with Crippen LogP contribution in [0.1, 0.15) is 5.89 Å². The van der Waals surface area contributed by atoms with E-state index in [4.69, 9.17) is 10.3 Å². The summed E-state index contributed by atoms with van der Waals surface area (Å²) in [6, 6.07) is 17.2. The van der Waals surface area contributed by atoms with Gasteiger partial charge in [-0.15, -0.1) is 0 Å². The maximum Gasteiger partial charge on any atom is 0.246 e. The van der Waals surface area contributed by atoms with Crippen molar-refractivity contribution in [3.8, 4) is 11.4 Å². The van der Waals surface area contributed by atoms with Crippen molar-refractivity contribution in [3.63, 3.8) is 0 Å². The summed E-state index contributed by atoms with van der Waals surface area (Å²) in [5.41, 5.74) is 7.47. The summed E-state index contributed by atoms with van der Waals surface area (Å²) in [7, 11) is 0. The number of nitrogens with zero attached hydrogens (tertiary/aromatic N) is 5. The third-order valence-corrected chi connectivity index (χ3v) is 4.12. The lowest BCUT2D eigenvalue weighted by atomic mass is 10.2. The predicted octanol–water partition coefficient (Wildman–Crippen LogP) is 3.62. The van der Waals surface area contributed by atoms with Crippen LogP contribution in [0.15, 0.2) is 63.6 Å². The second kappa shape index (κ2) is 8.01. The zero-order valence-electron chi connectivity index (χ0n) is 14.5. The molecule has 0 spiro atoms.